The molecule has 2 aromatic rings. The molecule has 1 atom stereocenters. The molecule has 21 heavy (non-hydrogen) atoms. The molecule has 0 spiro atoms. The minimum absolute atomic E-state index is 0.161. The third-order valence-corrected chi connectivity index (χ3v) is 3.37. The first kappa shape index (κ1) is 13.7. The number of nitrogens with one attached hydrogen (secondary N) is 1. The van der Waals surface area contributed by atoms with Crippen LogP contribution in [0.15, 0.2) is 10.6 Å². The summed E-state index contributed by atoms with van der Waals surface area (Å²) in [6.45, 7) is 5.13. The molecular formula is C13H17N5O3. The Morgan fingerprint density at radius 3 is 3.10 bits per heavy atom. The summed E-state index contributed by atoms with van der Waals surface area (Å²) < 4.78 is 10.6. The number of aryl methyl sites for hydroxylation is 2. The van der Waals surface area contributed by atoms with E-state index in [1.54, 1.807) is 17.9 Å². The highest BCUT2D eigenvalue weighted by atomic mass is 16.5. The molecule has 3 rings (SSSR count). The monoisotopic (exact) mass is 291 g/mol. The Labute approximate surface area is 121 Å². The van der Waals surface area contributed by atoms with Crippen LogP contribution in [0.3, 0.4) is 0 Å². The van der Waals surface area contributed by atoms with E-state index in [9.17, 15) is 4.79 Å². The lowest BCUT2D eigenvalue weighted by Gasteiger charge is -2.31. The molecule has 0 bridgehead atoms. The molecule has 0 saturated carbocycles. The van der Waals surface area contributed by atoms with Crippen LogP contribution >= 0.6 is 0 Å². The molecular weight excluding hydrogens is 274 g/mol. The number of amides is 1. The van der Waals surface area contributed by atoms with Gasteiger partial charge < -0.3 is 14.2 Å². The normalized spacial score (nSPS) is 19.0. The number of aromatic nitrogens is 4. The Balaban J connectivity index is 1.72. The first-order valence-corrected chi connectivity index (χ1v) is 6.92. The fourth-order valence-electron chi connectivity index (χ4n) is 2.23. The van der Waals surface area contributed by atoms with Gasteiger partial charge in [0.15, 0.2) is 11.5 Å². The van der Waals surface area contributed by atoms with Crippen molar-refractivity contribution in [2.75, 3.05) is 19.7 Å². The highest BCUT2D eigenvalue weighted by Crippen LogP contribution is 2.20. The van der Waals surface area contributed by atoms with Crippen molar-refractivity contribution in [3.63, 3.8) is 0 Å². The van der Waals surface area contributed by atoms with Gasteiger partial charge in [-0.3, -0.25) is 9.89 Å². The van der Waals surface area contributed by atoms with Gasteiger partial charge in [-0.15, -0.1) is 0 Å². The second-order valence-electron chi connectivity index (χ2n) is 4.93. The van der Waals surface area contributed by atoms with Gasteiger partial charge in [-0.25, -0.2) is 4.98 Å². The van der Waals surface area contributed by atoms with Gasteiger partial charge in [0.25, 0.3) is 5.91 Å². The SMILES string of the molecule is CCc1nc([C@@H]2CN(C(=O)c3cc(C)on3)CCO2)n[nH]1. The van der Waals surface area contributed by atoms with Crippen molar-refractivity contribution in [2.45, 2.75) is 26.4 Å². The zero-order valence-corrected chi connectivity index (χ0v) is 12.0. The summed E-state index contributed by atoms with van der Waals surface area (Å²) in [7, 11) is 0. The van der Waals surface area contributed by atoms with Crippen LogP contribution < -0.4 is 0 Å². The van der Waals surface area contributed by atoms with Crippen LogP contribution in [-0.2, 0) is 11.2 Å². The second-order valence-corrected chi connectivity index (χ2v) is 4.93. The Kier molecular flexibility index (Phi) is 3.70. The van der Waals surface area contributed by atoms with Crippen LogP contribution in [0.4, 0.5) is 0 Å². The van der Waals surface area contributed by atoms with Crippen molar-refractivity contribution in [3.05, 3.63) is 29.2 Å². The van der Waals surface area contributed by atoms with Gasteiger partial charge in [0.1, 0.15) is 17.7 Å². The summed E-state index contributed by atoms with van der Waals surface area (Å²) >= 11 is 0. The molecule has 0 aliphatic carbocycles. The lowest BCUT2D eigenvalue weighted by Crippen LogP contribution is -2.42. The van der Waals surface area contributed by atoms with Crippen LogP contribution in [0.1, 0.15) is 40.9 Å². The zero-order valence-electron chi connectivity index (χ0n) is 12.0. The highest BCUT2D eigenvalue weighted by Gasteiger charge is 2.29. The summed E-state index contributed by atoms with van der Waals surface area (Å²) in [6, 6.07) is 1.63. The fraction of sp³-hybridized carbons (Fsp3) is 0.538. The molecule has 1 saturated heterocycles. The molecule has 1 fully saturated rings. The maximum Gasteiger partial charge on any atom is 0.276 e. The van der Waals surface area contributed by atoms with E-state index in [1.165, 1.54) is 0 Å². The quantitative estimate of drug-likeness (QED) is 0.901. The van der Waals surface area contributed by atoms with Crippen molar-refractivity contribution in [2.24, 2.45) is 0 Å². The first-order valence-electron chi connectivity index (χ1n) is 6.92. The molecule has 8 nitrogen and oxygen atoms in total. The number of ether oxygens (including phenoxy) is 1. The fourth-order valence-corrected chi connectivity index (χ4v) is 2.23. The van der Waals surface area contributed by atoms with Crippen molar-refractivity contribution in [1.82, 2.24) is 25.2 Å². The summed E-state index contributed by atoms with van der Waals surface area (Å²) in [6.07, 6.45) is 0.466. The van der Waals surface area contributed by atoms with Crippen LogP contribution in [-0.4, -0.2) is 50.8 Å². The number of hydrogen-bond donors (Lipinski definition) is 1. The smallest absolute Gasteiger partial charge is 0.276 e. The van der Waals surface area contributed by atoms with Crippen LogP contribution in [0.2, 0.25) is 0 Å². The minimum Gasteiger partial charge on any atom is -0.366 e. The molecule has 1 aliphatic rings. The van der Waals surface area contributed by atoms with E-state index >= 15 is 0 Å². The van der Waals surface area contributed by atoms with Gasteiger partial charge in [0.2, 0.25) is 0 Å². The summed E-state index contributed by atoms with van der Waals surface area (Å²) in [5, 5.41) is 10.8. The highest BCUT2D eigenvalue weighted by molar-refractivity contribution is 5.92. The van der Waals surface area contributed by atoms with Gasteiger partial charge in [-0.1, -0.05) is 12.1 Å². The van der Waals surface area contributed by atoms with Crippen molar-refractivity contribution >= 4 is 5.91 Å². The molecule has 2 aromatic heterocycles. The number of hydrogen-bond acceptors (Lipinski definition) is 6. The summed E-state index contributed by atoms with van der Waals surface area (Å²) in [4.78, 5) is 18.4. The van der Waals surface area contributed by atoms with Crippen LogP contribution in [0.5, 0.6) is 0 Å². The van der Waals surface area contributed by atoms with Gasteiger partial charge in [-0.05, 0) is 6.92 Å². The van der Waals surface area contributed by atoms with Gasteiger partial charge in [-0.2, -0.15) is 5.10 Å². The molecule has 0 radical (unpaired) electrons. The maximum atomic E-state index is 12.4. The van der Waals surface area contributed by atoms with Crippen molar-refractivity contribution in [1.29, 1.82) is 0 Å². The topological polar surface area (TPSA) is 97.1 Å². The maximum absolute atomic E-state index is 12.4. The van der Waals surface area contributed by atoms with Gasteiger partial charge in [0, 0.05) is 19.0 Å². The first-order chi connectivity index (χ1) is 10.2. The third-order valence-electron chi connectivity index (χ3n) is 3.37. The molecule has 8 heteroatoms. The number of nitrogens with zero attached hydrogens (tertiary/aromatic N) is 4. The van der Waals surface area contributed by atoms with Crippen LogP contribution in [0, 0.1) is 6.92 Å². The Morgan fingerprint density at radius 2 is 2.43 bits per heavy atom. The van der Waals surface area contributed by atoms with E-state index in [0.717, 1.165) is 12.2 Å². The number of carbonyl (C=O) groups excluding carboxylic acids is 1. The summed E-state index contributed by atoms with van der Waals surface area (Å²) in [5.41, 5.74) is 0.317. The molecule has 3 heterocycles. The Bertz CT molecular complexity index is 635. The standard InChI is InChI=1S/C13H17N5O3/c1-3-11-14-12(16-15-11)10-7-18(4-5-20-10)13(19)9-6-8(2)21-17-9/h6,10H,3-5,7H2,1-2H3,(H,14,15,16)/t10-/m0/s1. The zero-order chi connectivity index (χ0) is 14.8. The number of carbonyl (C=O) groups is 1. The molecule has 1 aliphatic heterocycles. The van der Waals surface area contributed by atoms with Crippen LogP contribution in [0.25, 0.3) is 0 Å². The molecule has 0 aromatic carbocycles. The van der Waals surface area contributed by atoms with E-state index in [-0.39, 0.29) is 12.0 Å². The number of rotatable bonds is 3. The van der Waals surface area contributed by atoms with E-state index in [0.29, 0.717) is 37.0 Å². The third kappa shape index (κ3) is 2.80. The largest absolute Gasteiger partial charge is 0.366 e. The van der Waals surface area contributed by atoms with Crippen molar-refractivity contribution in [3.8, 4) is 0 Å². The van der Waals surface area contributed by atoms with E-state index < -0.39 is 0 Å². The molecule has 0 unspecified atom stereocenters. The summed E-state index contributed by atoms with van der Waals surface area (Å²) in [5.74, 6) is 1.85. The Hall–Kier alpha value is -2.22. The van der Waals surface area contributed by atoms with E-state index in [2.05, 4.69) is 20.3 Å². The predicted molar refractivity (Wildman–Crippen MR) is 71.6 cm³/mol. The lowest BCUT2D eigenvalue weighted by molar-refractivity contribution is -0.0269. The van der Waals surface area contributed by atoms with Gasteiger partial charge in [0.05, 0.1) is 13.2 Å². The average molecular weight is 291 g/mol. The predicted octanol–water partition coefficient (Wildman–Crippen LogP) is 0.877. The minimum atomic E-state index is -0.313. The molecule has 112 valence electrons. The molecule has 1 amide bonds. The lowest BCUT2D eigenvalue weighted by atomic mass is 10.2. The van der Waals surface area contributed by atoms with Gasteiger partial charge >= 0.3 is 0 Å². The van der Waals surface area contributed by atoms with E-state index in [1.807, 2.05) is 6.92 Å². The Morgan fingerprint density at radius 1 is 1.57 bits per heavy atom. The number of H-pyrrole nitrogens is 1. The van der Waals surface area contributed by atoms with Crippen molar-refractivity contribution < 1.29 is 14.1 Å². The molecule has 1 N–H and O–H groups in total. The number of aromatic amines is 1. The van der Waals surface area contributed by atoms with E-state index in [4.69, 9.17) is 9.26 Å². The second kappa shape index (κ2) is 5.65. The number of morpholine rings is 1. The average Bonchev–Trinajstić information content (AvgIpc) is 3.15.